The molecule has 0 unspecified atom stereocenters. The van der Waals surface area contributed by atoms with Crippen molar-refractivity contribution in [1.29, 1.82) is 0 Å². The van der Waals surface area contributed by atoms with Crippen LogP contribution in [0.4, 0.5) is 4.39 Å². The van der Waals surface area contributed by atoms with E-state index in [1.807, 2.05) is 7.05 Å². The molecule has 0 spiro atoms. The van der Waals surface area contributed by atoms with Crippen molar-refractivity contribution in [3.05, 3.63) is 24.3 Å². The van der Waals surface area contributed by atoms with Crippen LogP contribution in [0, 0.1) is 5.92 Å². The van der Waals surface area contributed by atoms with E-state index in [-0.39, 0.29) is 17.9 Å². The van der Waals surface area contributed by atoms with E-state index in [0.29, 0.717) is 26.1 Å². The van der Waals surface area contributed by atoms with Crippen LogP contribution >= 0.6 is 0 Å². The second kappa shape index (κ2) is 7.98. The Bertz CT molecular complexity index is 545. The number of rotatable bonds is 7. The number of likely N-dealkylation sites (N-methyl/N-ethyl adjacent to an activating group) is 1. The predicted octanol–water partition coefficient (Wildman–Crippen LogP) is 1.27. The van der Waals surface area contributed by atoms with Gasteiger partial charge in [-0.15, -0.1) is 0 Å². The quantitative estimate of drug-likeness (QED) is 0.699. The lowest BCUT2D eigenvalue weighted by Crippen LogP contribution is -2.39. The maximum atomic E-state index is 13.9. The molecule has 1 aromatic rings. The number of nitrogens with zero attached hydrogens (tertiary/aromatic N) is 4. The SMILES string of the molecule is CN(CC[C@@H]1CCOC1=O)C[C@@H]1C[C@H](F)CN1Cc1cncnc1. The average Bonchev–Trinajstić information content (AvgIpc) is 3.12. The molecule has 3 rings (SSSR count). The van der Waals surface area contributed by atoms with Crippen LogP contribution in [-0.2, 0) is 16.1 Å². The standard InChI is InChI=1S/C17H25FN4O2/c1-21(4-2-14-3-5-24-17(14)23)11-16-6-15(18)10-22(16)9-13-7-19-12-20-8-13/h7-8,12,14-16H,2-6,9-11H2,1H3/t14-,15+,16+/m1/s1. The van der Waals surface area contributed by atoms with Crippen molar-refractivity contribution in [3.63, 3.8) is 0 Å². The van der Waals surface area contributed by atoms with Crippen molar-refractivity contribution in [2.24, 2.45) is 5.92 Å². The van der Waals surface area contributed by atoms with Crippen molar-refractivity contribution >= 4 is 5.97 Å². The van der Waals surface area contributed by atoms with Crippen molar-refractivity contribution in [1.82, 2.24) is 19.8 Å². The van der Waals surface area contributed by atoms with Crippen molar-refractivity contribution in [2.75, 3.05) is 33.3 Å². The first-order valence-corrected chi connectivity index (χ1v) is 8.59. The van der Waals surface area contributed by atoms with Gasteiger partial charge >= 0.3 is 5.97 Å². The third-order valence-electron chi connectivity index (χ3n) is 4.90. The molecule has 0 radical (unpaired) electrons. The minimum atomic E-state index is -0.780. The van der Waals surface area contributed by atoms with Gasteiger partial charge in [0.05, 0.1) is 12.5 Å². The number of aromatic nitrogens is 2. The Hall–Kier alpha value is -1.60. The van der Waals surface area contributed by atoms with Crippen LogP contribution in [-0.4, -0.2) is 71.2 Å². The first-order chi connectivity index (χ1) is 11.6. The average molecular weight is 336 g/mol. The molecule has 0 amide bonds. The molecule has 0 aromatic carbocycles. The number of likely N-dealkylation sites (tertiary alicyclic amines) is 1. The number of cyclic esters (lactones) is 1. The zero-order chi connectivity index (χ0) is 16.9. The Kier molecular flexibility index (Phi) is 5.73. The first kappa shape index (κ1) is 17.2. The van der Waals surface area contributed by atoms with E-state index in [1.54, 1.807) is 12.4 Å². The Morgan fingerprint density at radius 3 is 2.92 bits per heavy atom. The molecule has 0 saturated carbocycles. The summed E-state index contributed by atoms with van der Waals surface area (Å²) in [5.41, 5.74) is 1.01. The molecule has 2 aliphatic rings. The number of halogens is 1. The number of ether oxygens (including phenoxy) is 1. The fourth-order valence-corrected chi connectivity index (χ4v) is 3.58. The summed E-state index contributed by atoms with van der Waals surface area (Å²) < 4.78 is 18.9. The lowest BCUT2D eigenvalue weighted by Gasteiger charge is -2.28. The molecule has 2 fully saturated rings. The largest absolute Gasteiger partial charge is 0.465 e. The van der Waals surface area contributed by atoms with Crippen LogP contribution in [0.5, 0.6) is 0 Å². The van der Waals surface area contributed by atoms with E-state index in [2.05, 4.69) is 19.8 Å². The molecular formula is C17H25FN4O2. The van der Waals surface area contributed by atoms with E-state index in [4.69, 9.17) is 4.74 Å². The van der Waals surface area contributed by atoms with Gasteiger partial charge in [-0.05, 0) is 32.9 Å². The van der Waals surface area contributed by atoms with Gasteiger partial charge in [0.2, 0.25) is 0 Å². The molecule has 1 aromatic heterocycles. The van der Waals surface area contributed by atoms with E-state index in [9.17, 15) is 9.18 Å². The highest BCUT2D eigenvalue weighted by Gasteiger charge is 2.33. The summed E-state index contributed by atoms with van der Waals surface area (Å²) in [5, 5.41) is 0. The summed E-state index contributed by atoms with van der Waals surface area (Å²) in [7, 11) is 2.04. The third-order valence-corrected chi connectivity index (χ3v) is 4.90. The lowest BCUT2D eigenvalue weighted by atomic mass is 10.0. The Morgan fingerprint density at radius 1 is 1.42 bits per heavy atom. The van der Waals surface area contributed by atoms with Gasteiger partial charge in [-0.25, -0.2) is 14.4 Å². The van der Waals surface area contributed by atoms with Crippen molar-refractivity contribution < 1.29 is 13.9 Å². The zero-order valence-corrected chi connectivity index (χ0v) is 14.1. The molecule has 7 heteroatoms. The zero-order valence-electron chi connectivity index (χ0n) is 14.1. The molecule has 2 aliphatic heterocycles. The molecule has 0 N–H and O–H groups in total. The van der Waals surface area contributed by atoms with Crippen LogP contribution in [0.3, 0.4) is 0 Å². The number of carbonyl (C=O) groups excluding carboxylic acids is 1. The van der Waals surface area contributed by atoms with E-state index < -0.39 is 6.17 Å². The predicted molar refractivity (Wildman–Crippen MR) is 86.9 cm³/mol. The van der Waals surface area contributed by atoms with Gasteiger partial charge in [0.1, 0.15) is 12.5 Å². The van der Waals surface area contributed by atoms with Crippen LogP contribution in [0.25, 0.3) is 0 Å². The van der Waals surface area contributed by atoms with Gasteiger partial charge in [-0.2, -0.15) is 0 Å². The summed E-state index contributed by atoms with van der Waals surface area (Å²) >= 11 is 0. The third kappa shape index (κ3) is 4.48. The number of esters is 1. The fourth-order valence-electron chi connectivity index (χ4n) is 3.58. The Balaban J connectivity index is 1.49. The van der Waals surface area contributed by atoms with Crippen LogP contribution in [0.2, 0.25) is 0 Å². The van der Waals surface area contributed by atoms with E-state index >= 15 is 0 Å². The molecule has 0 bridgehead atoms. The smallest absolute Gasteiger partial charge is 0.309 e. The van der Waals surface area contributed by atoms with Crippen LogP contribution in [0.15, 0.2) is 18.7 Å². The number of hydrogen-bond acceptors (Lipinski definition) is 6. The Labute approximate surface area is 142 Å². The van der Waals surface area contributed by atoms with Crippen molar-refractivity contribution in [2.45, 2.75) is 38.0 Å². The molecule has 6 nitrogen and oxygen atoms in total. The molecule has 3 heterocycles. The monoisotopic (exact) mass is 336 g/mol. The topological polar surface area (TPSA) is 58.6 Å². The van der Waals surface area contributed by atoms with Crippen molar-refractivity contribution in [3.8, 4) is 0 Å². The molecule has 0 aliphatic carbocycles. The molecule has 2 saturated heterocycles. The minimum Gasteiger partial charge on any atom is -0.465 e. The second-order valence-corrected chi connectivity index (χ2v) is 6.87. The van der Waals surface area contributed by atoms with Crippen LogP contribution < -0.4 is 0 Å². The lowest BCUT2D eigenvalue weighted by molar-refractivity contribution is -0.141. The number of carbonyl (C=O) groups is 1. The fraction of sp³-hybridized carbons (Fsp3) is 0.706. The van der Waals surface area contributed by atoms with Gasteiger partial charge < -0.3 is 9.64 Å². The molecule has 132 valence electrons. The minimum absolute atomic E-state index is 0.0301. The number of alkyl halides is 1. The molecule has 24 heavy (non-hydrogen) atoms. The number of hydrogen-bond donors (Lipinski definition) is 0. The summed E-state index contributed by atoms with van der Waals surface area (Å²) in [4.78, 5) is 23.9. The van der Waals surface area contributed by atoms with Gasteiger partial charge in [-0.3, -0.25) is 9.69 Å². The summed E-state index contributed by atoms with van der Waals surface area (Å²) in [6.07, 6.45) is 6.48. The summed E-state index contributed by atoms with van der Waals surface area (Å²) in [5.74, 6) is -0.0404. The highest BCUT2D eigenvalue weighted by Crippen LogP contribution is 2.24. The van der Waals surface area contributed by atoms with Gasteiger partial charge in [0, 0.05) is 43.6 Å². The first-order valence-electron chi connectivity index (χ1n) is 8.59. The summed E-state index contributed by atoms with van der Waals surface area (Å²) in [6, 6.07) is 0.181. The van der Waals surface area contributed by atoms with Crippen LogP contribution in [0.1, 0.15) is 24.8 Å². The highest BCUT2D eigenvalue weighted by molar-refractivity contribution is 5.74. The van der Waals surface area contributed by atoms with Gasteiger partial charge in [-0.1, -0.05) is 0 Å². The molecule has 3 atom stereocenters. The molecular weight excluding hydrogens is 311 g/mol. The maximum absolute atomic E-state index is 13.9. The van der Waals surface area contributed by atoms with E-state index in [1.165, 1.54) is 6.33 Å². The van der Waals surface area contributed by atoms with Gasteiger partial charge in [0.25, 0.3) is 0 Å². The Morgan fingerprint density at radius 2 is 2.21 bits per heavy atom. The maximum Gasteiger partial charge on any atom is 0.309 e. The normalized spacial score (nSPS) is 27.8. The summed E-state index contributed by atoms with van der Waals surface area (Å²) in [6.45, 7) is 3.31. The second-order valence-electron chi connectivity index (χ2n) is 6.87. The van der Waals surface area contributed by atoms with E-state index in [0.717, 1.165) is 31.5 Å². The van der Waals surface area contributed by atoms with Gasteiger partial charge in [0.15, 0.2) is 0 Å². The highest BCUT2D eigenvalue weighted by atomic mass is 19.1.